The zero-order valence-corrected chi connectivity index (χ0v) is 20.6. The van der Waals surface area contributed by atoms with Gasteiger partial charge in [-0.2, -0.15) is 0 Å². The van der Waals surface area contributed by atoms with E-state index in [1.807, 2.05) is 19.1 Å². The normalized spacial score (nSPS) is 13.3. The van der Waals surface area contributed by atoms with Crippen molar-refractivity contribution in [3.63, 3.8) is 0 Å². The van der Waals surface area contributed by atoms with E-state index in [2.05, 4.69) is 14.5 Å². The minimum Gasteiger partial charge on any atom is -0.451 e. The first kappa shape index (κ1) is 24.0. The van der Waals surface area contributed by atoms with Crippen LogP contribution in [-0.2, 0) is 24.2 Å². The molecule has 0 amide bonds. The van der Waals surface area contributed by atoms with Gasteiger partial charge in [-0.1, -0.05) is 31.2 Å². The van der Waals surface area contributed by atoms with Crippen LogP contribution in [-0.4, -0.2) is 20.8 Å². The number of carbonyl (C=O) groups is 1. The van der Waals surface area contributed by atoms with Gasteiger partial charge in [0.05, 0.1) is 5.52 Å². The number of H-pyrrole nitrogens is 1. The van der Waals surface area contributed by atoms with Gasteiger partial charge < -0.3 is 19.1 Å². The smallest absolute Gasteiger partial charge is 0.199 e. The molecule has 3 aromatic carbocycles. The number of ether oxygens (including phenoxy) is 1. The van der Waals surface area contributed by atoms with E-state index < -0.39 is 17.4 Å². The van der Waals surface area contributed by atoms with Crippen molar-refractivity contribution in [3.05, 3.63) is 101 Å². The van der Waals surface area contributed by atoms with Crippen LogP contribution in [0.1, 0.15) is 41.6 Å². The Morgan fingerprint density at radius 3 is 2.84 bits per heavy atom. The van der Waals surface area contributed by atoms with Crippen LogP contribution in [0, 0.1) is 17.5 Å². The second-order valence-corrected chi connectivity index (χ2v) is 9.52. The van der Waals surface area contributed by atoms with Gasteiger partial charge in [0.25, 0.3) is 0 Å². The van der Waals surface area contributed by atoms with E-state index in [0.717, 1.165) is 29.5 Å². The molecule has 1 atom stereocenters. The van der Waals surface area contributed by atoms with Gasteiger partial charge >= 0.3 is 0 Å². The summed E-state index contributed by atoms with van der Waals surface area (Å²) in [4.78, 5) is 18.2. The van der Waals surface area contributed by atoms with E-state index in [1.165, 1.54) is 12.1 Å². The van der Waals surface area contributed by atoms with E-state index in [4.69, 9.17) is 4.74 Å². The maximum Gasteiger partial charge on any atom is 0.199 e. The molecule has 8 heteroatoms. The number of nitrogens with one attached hydrogen (secondary N) is 1. The standard InChI is InChI=1S/C30H24F3N3O2/c1-17(21-6-2-4-19(27(21)32)5-3-13-37)26-16-35-30-23-14-20(8-7-18(23)10-12-36(26)30)38-29-24(31)15-25-22(28(29)33)9-11-34-25/h2,4,6-9,11,13-17,34H,3,5,10,12H2,1H3. The summed E-state index contributed by atoms with van der Waals surface area (Å²) in [6.45, 7) is 2.60. The van der Waals surface area contributed by atoms with E-state index >= 15 is 4.39 Å². The molecule has 192 valence electrons. The van der Waals surface area contributed by atoms with Crippen LogP contribution in [0.4, 0.5) is 13.2 Å². The molecule has 3 heterocycles. The monoisotopic (exact) mass is 515 g/mol. The zero-order valence-electron chi connectivity index (χ0n) is 20.6. The van der Waals surface area contributed by atoms with Crippen molar-refractivity contribution in [2.75, 3.05) is 0 Å². The highest BCUT2D eigenvalue weighted by Crippen LogP contribution is 2.39. The topological polar surface area (TPSA) is 59.9 Å². The fraction of sp³-hybridized carbons (Fsp3) is 0.200. The van der Waals surface area contributed by atoms with Gasteiger partial charge in [-0.3, -0.25) is 0 Å². The number of aromatic amines is 1. The quantitative estimate of drug-likeness (QED) is 0.236. The fourth-order valence-electron chi connectivity index (χ4n) is 5.29. The first-order valence-corrected chi connectivity index (χ1v) is 12.5. The first-order valence-electron chi connectivity index (χ1n) is 12.5. The Bertz CT molecular complexity index is 1690. The molecule has 6 rings (SSSR count). The number of hydrogen-bond acceptors (Lipinski definition) is 3. The summed E-state index contributed by atoms with van der Waals surface area (Å²) >= 11 is 0. The van der Waals surface area contributed by atoms with Crippen LogP contribution in [0.5, 0.6) is 11.5 Å². The number of rotatable bonds is 7. The van der Waals surface area contributed by atoms with Crippen LogP contribution in [0.25, 0.3) is 22.3 Å². The van der Waals surface area contributed by atoms with Crippen LogP contribution in [0.3, 0.4) is 0 Å². The number of nitrogens with zero attached hydrogens (tertiary/aromatic N) is 2. The summed E-state index contributed by atoms with van der Waals surface area (Å²) in [5.41, 5.74) is 4.12. The number of aryl methyl sites for hydroxylation is 2. The Labute approximate surface area is 216 Å². The summed E-state index contributed by atoms with van der Waals surface area (Å²) in [5, 5.41) is 0.246. The molecule has 0 aliphatic carbocycles. The highest BCUT2D eigenvalue weighted by atomic mass is 19.1. The maximum absolute atomic E-state index is 15.3. The molecule has 0 bridgehead atoms. The van der Waals surface area contributed by atoms with E-state index in [9.17, 15) is 13.6 Å². The molecule has 0 radical (unpaired) electrons. The van der Waals surface area contributed by atoms with Gasteiger partial charge in [-0.15, -0.1) is 0 Å². The van der Waals surface area contributed by atoms with E-state index in [-0.39, 0.29) is 29.3 Å². The number of aldehydes is 1. The van der Waals surface area contributed by atoms with Crippen LogP contribution in [0.2, 0.25) is 0 Å². The molecule has 1 aliphatic heterocycles. The van der Waals surface area contributed by atoms with Crippen molar-refractivity contribution in [2.24, 2.45) is 0 Å². The lowest BCUT2D eigenvalue weighted by Gasteiger charge is -2.23. The zero-order chi connectivity index (χ0) is 26.4. The second-order valence-electron chi connectivity index (χ2n) is 9.52. The van der Waals surface area contributed by atoms with Gasteiger partial charge in [-0.25, -0.2) is 18.2 Å². The second kappa shape index (κ2) is 9.52. The summed E-state index contributed by atoms with van der Waals surface area (Å²) in [6.07, 6.45) is 5.43. The van der Waals surface area contributed by atoms with Crippen LogP contribution in [0.15, 0.2) is 60.9 Å². The molecule has 5 nitrogen and oxygen atoms in total. The van der Waals surface area contributed by atoms with E-state index in [1.54, 1.807) is 36.7 Å². The number of fused-ring (bicyclic) bond motifs is 4. The average molecular weight is 516 g/mol. The Morgan fingerprint density at radius 1 is 1.13 bits per heavy atom. The van der Waals surface area contributed by atoms with Gasteiger partial charge in [0.15, 0.2) is 17.4 Å². The Kier molecular flexibility index (Phi) is 6.02. The molecule has 1 N–H and O–H groups in total. The summed E-state index contributed by atoms with van der Waals surface area (Å²) in [5.74, 6) is -1.62. The lowest BCUT2D eigenvalue weighted by Crippen LogP contribution is -2.16. The van der Waals surface area contributed by atoms with Gasteiger partial charge in [0.2, 0.25) is 0 Å². The number of aromatic nitrogens is 3. The largest absolute Gasteiger partial charge is 0.451 e. The van der Waals surface area contributed by atoms with Crippen LogP contribution < -0.4 is 4.74 Å². The number of benzene rings is 3. The van der Waals surface area contributed by atoms with Gasteiger partial charge in [0, 0.05) is 54.0 Å². The number of halogens is 3. The molecule has 0 spiro atoms. The molecule has 38 heavy (non-hydrogen) atoms. The van der Waals surface area contributed by atoms with Crippen molar-refractivity contribution in [3.8, 4) is 22.9 Å². The third-order valence-electron chi connectivity index (χ3n) is 7.29. The summed E-state index contributed by atoms with van der Waals surface area (Å²) < 4.78 is 52.7. The van der Waals surface area contributed by atoms with Crippen molar-refractivity contribution in [2.45, 2.75) is 38.6 Å². The molecule has 1 aliphatic rings. The Morgan fingerprint density at radius 2 is 2.00 bits per heavy atom. The van der Waals surface area contributed by atoms with Crippen molar-refractivity contribution in [1.82, 2.24) is 14.5 Å². The van der Waals surface area contributed by atoms with Gasteiger partial charge in [-0.05, 0) is 47.7 Å². The fourth-order valence-corrected chi connectivity index (χ4v) is 5.29. The summed E-state index contributed by atoms with van der Waals surface area (Å²) in [7, 11) is 0. The van der Waals surface area contributed by atoms with Gasteiger partial charge in [0.1, 0.15) is 23.7 Å². The molecular weight excluding hydrogens is 491 g/mol. The molecule has 0 saturated heterocycles. The number of hydrogen-bond donors (Lipinski definition) is 1. The third-order valence-corrected chi connectivity index (χ3v) is 7.29. The van der Waals surface area contributed by atoms with E-state index in [0.29, 0.717) is 35.4 Å². The van der Waals surface area contributed by atoms with Crippen molar-refractivity contribution < 1.29 is 22.7 Å². The minimum absolute atomic E-state index is 0.246. The highest BCUT2D eigenvalue weighted by molar-refractivity contribution is 5.82. The maximum atomic E-state index is 15.3. The van der Waals surface area contributed by atoms with Crippen LogP contribution >= 0.6 is 0 Å². The SMILES string of the molecule is CC(c1cccc(CCC=O)c1F)c1cnc2n1CCc1ccc(Oc3c(F)cc4[nH]ccc4c3F)cc1-2. The third kappa shape index (κ3) is 3.97. The Balaban J connectivity index is 1.34. The first-order chi connectivity index (χ1) is 18.5. The molecule has 2 aromatic heterocycles. The predicted octanol–water partition coefficient (Wildman–Crippen LogP) is 7.08. The minimum atomic E-state index is -0.801. The van der Waals surface area contributed by atoms with Crippen molar-refractivity contribution >= 4 is 17.2 Å². The lowest BCUT2D eigenvalue weighted by atomic mass is 9.93. The predicted molar refractivity (Wildman–Crippen MR) is 138 cm³/mol. The molecule has 0 saturated carbocycles. The highest BCUT2D eigenvalue weighted by Gasteiger charge is 2.26. The molecule has 0 fully saturated rings. The molecule has 1 unspecified atom stereocenters. The van der Waals surface area contributed by atoms with Crippen molar-refractivity contribution in [1.29, 1.82) is 0 Å². The molecular formula is C30H24F3N3O2. The summed E-state index contributed by atoms with van der Waals surface area (Å²) in [6, 6.07) is 13.3. The number of imidazole rings is 1. The molecule has 5 aromatic rings. The lowest BCUT2D eigenvalue weighted by molar-refractivity contribution is -0.107. The number of carbonyl (C=O) groups excluding carboxylic acids is 1. The Hall–Kier alpha value is -4.33. The average Bonchev–Trinajstić information content (AvgIpc) is 3.57.